The molecule has 3 N–H and O–H groups in total. The van der Waals surface area contributed by atoms with Crippen molar-refractivity contribution in [3.63, 3.8) is 0 Å². The molecule has 1 fully saturated rings. The van der Waals surface area contributed by atoms with Crippen molar-refractivity contribution in [2.45, 2.75) is 18.6 Å². The number of rotatable bonds is 7. The van der Waals surface area contributed by atoms with E-state index in [1.807, 2.05) is 0 Å². The van der Waals surface area contributed by atoms with Crippen LogP contribution in [0.4, 0.5) is 24.5 Å². The molecular formula is C15H19F3N4O4. The summed E-state index contributed by atoms with van der Waals surface area (Å²) in [6.45, 7) is 2.03. The molecule has 1 aromatic carbocycles. The van der Waals surface area contributed by atoms with Crippen molar-refractivity contribution in [1.29, 1.82) is 0 Å². The van der Waals surface area contributed by atoms with Gasteiger partial charge in [0.2, 0.25) is 5.91 Å². The Bertz CT molecular complexity index is 648. The van der Waals surface area contributed by atoms with Crippen LogP contribution < -0.4 is 16.0 Å². The summed E-state index contributed by atoms with van der Waals surface area (Å²) in [5, 5.41) is 19.4. The van der Waals surface area contributed by atoms with E-state index in [1.54, 1.807) is 0 Å². The highest BCUT2D eigenvalue weighted by Gasteiger charge is 2.33. The fraction of sp³-hybridized carbons (Fsp3) is 0.533. The van der Waals surface area contributed by atoms with Gasteiger partial charge in [-0.25, -0.2) is 0 Å². The van der Waals surface area contributed by atoms with Crippen LogP contribution in [0.25, 0.3) is 0 Å². The molecule has 144 valence electrons. The maximum atomic E-state index is 12.6. The Kier molecular flexibility index (Phi) is 6.75. The molecule has 0 aromatic heterocycles. The number of nitrogens with one attached hydrogen (secondary N) is 3. The normalized spacial score (nSPS) is 17.6. The second-order valence-corrected chi connectivity index (χ2v) is 5.69. The zero-order valence-corrected chi connectivity index (χ0v) is 13.8. The number of benzene rings is 1. The minimum atomic E-state index is -4.66. The highest BCUT2D eigenvalue weighted by atomic mass is 19.4. The van der Waals surface area contributed by atoms with Gasteiger partial charge in [-0.1, -0.05) is 0 Å². The van der Waals surface area contributed by atoms with E-state index in [9.17, 15) is 28.1 Å². The molecular weight excluding hydrogens is 357 g/mol. The first-order valence-corrected chi connectivity index (χ1v) is 7.94. The fourth-order valence-electron chi connectivity index (χ4n) is 2.45. The summed E-state index contributed by atoms with van der Waals surface area (Å²) in [7, 11) is 0. The lowest BCUT2D eigenvalue weighted by atomic mass is 10.1. The molecule has 1 aromatic rings. The zero-order valence-electron chi connectivity index (χ0n) is 13.8. The molecule has 26 heavy (non-hydrogen) atoms. The summed E-state index contributed by atoms with van der Waals surface area (Å²) in [6, 6.07) is 2.19. The number of hydrogen-bond acceptors (Lipinski definition) is 6. The molecule has 0 bridgehead atoms. The van der Waals surface area contributed by atoms with Gasteiger partial charge in [0.05, 0.1) is 23.7 Å². The predicted molar refractivity (Wildman–Crippen MR) is 86.8 cm³/mol. The van der Waals surface area contributed by atoms with Gasteiger partial charge in [0.1, 0.15) is 5.69 Å². The number of morpholine rings is 1. The Morgan fingerprint density at radius 3 is 2.77 bits per heavy atom. The monoisotopic (exact) mass is 376 g/mol. The third-order valence-electron chi connectivity index (χ3n) is 3.71. The maximum Gasteiger partial charge on any atom is 0.416 e. The zero-order chi connectivity index (χ0) is 19.2. The predicted octanol–water partition coefficient (Wildman–Crippen LogP) is 1.52. The molecule has 2 rings (SSSR count). The van der Waals surface area contributed by atoms with Crippen LogP contribution in [-0.4, -0.2) is 49.7 Å². The number of hydrogen-bond donors (Lipinski definition) is 3. The molecule has 0 saturated carbocycles. The Hall–Kier alpha value is -2.40. The number of carbonyl (C=O) groups is 1. The van der Waals surface area contributed by atoms with Crippen molar-refractivity contribution >= 4 is 17.3 Å². The van der Waals surface area contributed by atoms with Crippen LogP contribution in [0, 0.1) is 10.1 Å². The maximum absolute atomic E-state index is 12.6. The van der Waals surface area contributed by atoms with E-state index in [-0.39, 0.29) is 37.1 Å². The Morgan fingerprint density at radius 1 is 1.38 bits per heavy atom. The second kappa shape index (κ2) is 8.81. The Labute approximate surface area is 147 Å². The Morgan fingerprint density at radius 2 is 2.15 bits per heavy atom. The summed E-state index contributed by atoms with van der Waals surface area (Å²) >= 11 is 0. The Balaban J connectivity index is 1.83. The molecule has 1 amide bonds. The van der Waals surface area contributed by atoms with Crippen molar-refractivity contribution in [3.8, 4) is 0 Å². The number of alkyl halides is 3. The lowest BCUT2D eigenvalue weighted by Crippen LogP contribution is -2.44. The quantitative estimate of drug-likeness (QED) is 0.379. The largest absolute Gasteiger partial charge is 0.416 e. The number of amides is 1. The second-order valence-electron chi connectivity index (χ2n) is 5.69. The highest BCUT2D eigenvalue weighted by Crippen LogP contribution is 2.34. The third-order valence-corrected chi connectivity index (χ3v) is 3.71. The molecule has 0 radical (unpaired) electrons. The summed E-state index contributed by atoms with van der Waals surface area (Å²) in [6.07, 6.45) is -4.42. The van der Waals surface area contributed by atoms with Crippen molar-refractivity contribution in [3.05, 3.63) is 33.9 Å². The molecule has 1 aliphatic rings. The van der Waals surface area contributed by atoms with Crippen LogP contribution in [0.1, 0.15) is 12.0 Å². The molecule has 1 saturated heterocycles. The van der Waals surface area contributed by atoms with Crippen LogP contribution >= 0.6 is 0 Å². The number of halogens is 3. The van der Waals surface area contributed by atoms with Crippen LogP contribution in [0.5, 0.6) is 0 Å². The molecule has 0 aliphatic carbocycles. The van der Waals surface area contributed by atoms with Crippen LogP contribution in [0.3, 0.4) is 0 Å². The van der Waals surface area contributed by atoms with E-state index in [2.05, 4.69) is 16.0 Å². The average molecular weight is 376 g/mol. The van der Waals surface area contributed by atoms with Crippen molar-refractivity contribution in [1.82, 2.24) is 10.6 Å². The summed E-state index contributed by atoms with van der Waals surface area (Å²) in [4.78, 5) is 21.9. The van der Waals surface area contributed by atoms with Gasteiger partial charge < -0.3 is 20.7 Å². The molecule has 0 spiro atoms. The van der Waals surface area contributed by atoms with Crippen LogP contribution in [0.2, 0.25) is 0 Å². The lowest BCUT2D eigenvalue weighted by Gasteiger charge is -2.23. The van der Waals surface area contributed by atoms with E-state index in [0.29, 0.717) is 25.8 Å². The van der Waals surface area contributed by atoms with Crippen LogP contribution in [0.15, 0.2) is 18.2 Å². The number of anilines is 1. The van der Waals surface area contributed by atoms with E-state index in [1.165, 1.54) is 0 Å². The van der Waals surface area contributed by atoms with Gasteiger partial charge in [-0.15, -0.1) is 0 Å². The summed E-state index contributed by atoms with van der Waals surface area (Å²) < 4.78 is 43.2. The van der Waals surface area contributed by atoms with Crippen molar-refractivity contribution < 1.29 is 27.6 Å². The number of carbonyl (C=O) groups excluding carboxylic acids is 1. The minimum Gasteiger partial charge on any atom is -0.378 e. The lowest BCUT2D eigenvalue weighted by molar-refractivity contribution is -0.384. The summed E-state index contributed by atoms with van der Waals surface area (Å²) in [5.41, 5.74) is -1.81. The van der Waals surface area contributed by atoms with Crippen LogP contribution in [-0.2, 0) is 15.7 Å². The van der Waals surface area contributed by atoms with Gasteiger partial charge in [0.25, 0.3) is 5.69 Å². The molecule has 1 atom stereocenters. The average Bonchev–Trinajstić information content (AvgIpc) is 2.58. The number of nitro benzene ring substituents is 1. The van der Waals surface area contributed by atoms with Gasteiger partial charge in [0, 0.05) is 38.2 Å². The fourth-order valence-corrected chi connectivity index (χ4v) is 2.45. The standard InChI is InChI=1S/C15H19F3N4O4/c16-15(17,18)10-1-2-12(13(7-10)22(24)25)20-3-4-21-14(23)8-11-9-26-6-5-19-11/h1-2,7,11,19-20H,3-6,8-9H2,(H,21,23). The summed E-state index contributed by atoms with van der Waals surface area (Å²) in [5.74, 6) is -0.211. The van der Waals surface area contributed by atoms with Crippen molar-refractivity contribution in [2.24, 2.45) is 0 Å². The van der Waals surface area contributed by atoms with Gasteiger partial charge in [-0.05, 0) is 12.1 Å². The van der Waals surface area contributed by atoms with E-state index >= 15 is 0 Å². The SMILES string of the molecule is O=C(CC1COCCN1)NCCNc1ccc(C(F)(F)F)cc1[N+](=O)[O-]. The first-order chi connectivity index (χ1) is 12.3. The van der Waals surface area contributed by atoms with Gasteiger partial charge in [0.15, 0.2) is 0 Å². The van der Waals surface area contributed by atoms with Gasteiger partial charge in [-0.3, -0.25) is 14.9 Å². The van der Waals surface area contributed by atoms with Gasteiger partial charge >= 0.3 is 6.18 Å². The van der Waals surface area contributed by atoms with Gasteiger partial charge in [-0.2, -0.15) is 13.2 Å². The molecule has 1 unspecified atom stereocenters. The van der Waals surface area contributed by atoms with Crippen molar-refractivity contribution in [2.75, 3.05) is 38.2 Å². The number of nitrogens with zero attached hydrogens (tertiary/aromatic N) is 1. The highest BCUT2D eigenvalue weighted by molar-refractivity contribution is 5.76. The number of ether oxygens (including phenoxy) is 1. The molecule has 1 aliphatic heterocycles. The van der Waals surface area contributed by atoms with E-state index < -0.39 is 22.4 Å². The molecule has 1 heterocycles. The minimum absolute atomic E-state index is 0.0420. The first-order valence-electron chi connectivity index (χ1n) is 7.94. The molecule has 11 heteroatoms. The first kappa shape index (κ1) is 19.9. The smallest absolute Gasteiger partial charge is 0.378 e. The van der Waals surface area contributed by atoms with E-state index in [0.717, 1.165) is 12.1 Å². The van der Waals surface area contributed by atoms with E-state index in [4.69, 9.17) is 4.74 Å². The topological polar surface area (TPSA) is 106 Å². The molecule has 8 nitrogen and oxygen atoms in total. The number of nitro groups is 1. The third kappa shape index (κ3) is 5.85.